The van der Waals surface area contributed by atoms with Crippen molar-refractivity contribution in [2.75, 3.05) is 26.9 Å². The van der Waals surface area contributed by atoms with Crippen molar-refractivity contribution in [3.63, 3.8) is 0 Å². The smallest absolute Gasteiger partial charge is 0.333 e. The Morgan fingerprint density at radius 2 is 1.71 bits per heavy atom. The van der Waals surface area contributed by atoms with E-state index in [0.29, 0.717) is 0 Å². The Labute approximate surface area is 81.7 Å². The predicted molar refractivity (Wildman–Crippen MR) is 46.6 cm³/mol. The Kier molecular flexibility index (Phi) is 2.19. The molecular formula is C7H12NO5P. The normalized spacial score (nSPS) is 41.0. The average molecular weight is 221 g/mol. The fourth-order valence-corrected chi connectivity index (χ4v) is 2.88. The summed E-state index contributed by atoms with van der Waals surface area (Å²) in [5.41, 5.74) is -0.613. The average Bonchev–Trinajstić information content (AvgIpc) is 2.18. The number of phosphoric ester groups is 1. The van der Waals surface area contributed by atoms with E-state index in [-0.39, 0.29) is 25.7 Å². The molecule has 0 aromatic rings. The van der Waals surface area contributed by atoms with Crippen molar-refractivity contribution in [2.45, 2.75) is 12.5 Å². The van der Waals surface area contributed by atoms with Crippen molar-refractivity contribution in [3.05, 3.63) is 0 Å². The third kappa shape index (κ3) is 1.39. The Balaban J connectivity index is 2.19. The summed E-state index contributed by atoms with van der Waals surface area (Å²) in [5, 5.41) is 0. The molecular weight excluding hydrogens is 209 g/mol. The van der Waals surface area contributed by atoms with Crippen molar-refractivity contribution in [1.29, 1.82) is 0 Å². The lowest BCUT2D eigenvalue weighted by Crippen LogP contribution is -2.62. The fraction of sp³-hybridized carbons (Fsp3) is 0.857. The van der Waals surface area contributed by atoms with Crippen molar-refractivity contribution >= 4 is 13.7 Å². The Morgan fingerprint density at radius 1 is 1.29 bits per heavy atom. The van der Waals surface area contributed by atoms with Crippen LogP contribution in [0.1, 0.15) is 6.92 Å². The summed E-state index contributed by atoms with van der Waals surface area (Å²) in [6.45, 7) is 2.08. The summed E-state index contributed by atoms with van der Waals surface area (Å²) in [6, 6.07) is 0. The number of amides is 1. The number of hydrogen-bond acceptors (Lipinski definition) is 5. The summed E-state index contributed by atoms with van der Waals surface area (Å²) < 4.78 is 26.3. The zero-order valence-corrected chi connectivity index (χ0v) is 8.95. The van der Waals surface area contributed by atoms with Gasteiger partial charge in [-0.25, -0.2) is 4.57 Å². The number of rotatable bonds is 1. The van der Waals surface area contributed by atoms with E-state index in [2.05, 4.69) is 0 Å². The van der Waals surface area contributed by atoms with Gasteiger partial charge in [0.1, 0.15) is 5.54 Å². The number of hydrogen-bond donors (Lipinski definition) is 0. The van der Waals surface area contributed by atoms with Crippen LogP contribution in [0.25, 0.3) is 0 Å². The molecule has 3 heterocycles. The molecule has 0 unspecified atom stereocenters. The molecule has 0 spiro atoms. The first kappa shape index (κ1) is 10.1. The minimum Gasteiger partial charge on any atom is -0.333 e. The molecule has 0 aliphatic carbocycles. The van der Waals surface area contributed by atoms with Gasteiger partial charge in [-0.2, -0.15) is 0 Å². The maximum atomic E-state index is 11.4. The minimum atomic E-state index is -3.28. The first-order chi connectivity index (χ1) is 6.48. The molecule has 0 aromatic carbocycles. The van der Waals surface area contributed by atoms with Crippen LogP contribution in [0.15, 0.2) is 0 Å². The molecule has 0 atom stereocenters. The van der Waals surface area contributed by atoms with Gasteiger partial charge < -0.3 is 4.90 Å². The van der Waals surface area contributed by atoms with Gasteiger partial charge >= 0.3 is 7.82 Å². The topological polar surface area (TPSA) is 65.1 Å². The van der Waals surface area contributed by atoms with Gasteiger partial charge in [-0.15, -0.1) is 0 Å². The summed E-state index contributed by atoms with van der Waals surface area (Å²) in [4.78, 5) is 12.7. The van der Waals surface area contributed by atoms with E-state index < -0.39 is 13.4 Å². The highest BCUT2D eigenvalue weighted by atomic mass is 31.2. The lowest BCUT2D eigenvalue weighted by Gasteiger charge is -2.48. The summed E-state index contributed by atoms with van der Waals surface area (Å²) >= 11 is 0. The molecule has 2 bridgehead atoms. The molecule has 3 aliphatic heterocycles. The monoisotopic (exact) mass is 221 g/mol. The quantitative estimate of drug-likeness (QED) is 0.599. The second-order valence-corrected chi connectivity index (χ2v) is 5.24. The molecule has 14 heavy (non-hydrogen) atoms. The third-order valence-electron chi connectivity index (χ3n) is 2.66. The van der Waals surface area contributed by atoms with Gasteiger partial charge in [-0.3, -0.25) is 18.4 Å². The maximum absolute atomic E-state index is 11.4. The number of carbonyl (C=O) groups excluding carboxylic acids is 1. The van der Waals surface area contributed by atoms with E-state index in [1.54, 1.807) is 7.05 Å². The van der Waals surface area contributed by atoms with Crippen molar-refractivity contribution in [2.24, 2.45) is 0 Å². The van der Waals surface area contributed by atoms with Gasteiger partial charge in [0, 0.05) is 14.0 Å². The van der Waals surface area contributed by atoms with E-state index in [9.17, 15) is 9.36 Å². The summed E-state index contributed by atoms with van der Waals surface area (Å²) in [6.07, 6.45) is 0. The van der Waals surface area contributed by atoms with Crippen LogP contribution < -0.4 is 0 Å². The molecule has 7 heteroatoms. The van der Waals surface area contributed by atoms with Crippen LogP contribution in [-0.4, -0.2) is 43.2 Å². The molecule has 3 saturated heterocycles. The molecule has 3 aliphatic rings. The van der Waals surface area contributed by atoms with Gasteiger partial charge in [-0.05, 0) is 0 Å². The van der Waals surface area contributed by atoms with Gasteiger partial charge in [0.25, 0.3) is 0 Å². The number of carbonyl (C=O) groups is 1. The van der Waals surface area contributed by atoms with Crippen molar-refractivity contribution in [3.8, 4) is 0 Å². The molecule has 3 fully saturated rings. The Morgan fingerprint density at radius 3 is 2.07 bits per heavy atom. The molecule has 3 rings (SSSR count). The standard InChI is InChI=1S/C7H12NO5P/c1-6(9)8(2)7-3-11-14(10,12-4-7)13-5-7/h3-5H2,1-2H3. The highest BCUT2D eigenvalue weighted by Gasteiger charge is 2.53. The van der Waals surface area contributed by atoms with Gasteiger partial charge in [-0.1, -0.05) is 0 Å². The second kappa shape index (κ2) is 3.03. The van der Waals surface area contributed by atoms with Crippen LogP contribution in [0.2, 0.25) is 0 Å². The second-order valence-electron chi connectivity index (χ2n) is 3.57. The summed E-state index contributed by atoms with van der Waals surface area (Å²) in [7, 11) is -1.63. The number of fused-ring (bicyclic) bond motifs is 3. The summed E-state index contributed by atoms with van der Waals surface area (Å²) in [5.74, 6) is -0.0977. The van der Waals surface area contributed by atoms with E-state index in [0.717, 1.165) is 0 Å². The number of likely N-dealkylation sites (N-methyl/N-ethyl adjacent to an activating group) is 1. The molecule has 6 nitrogen and oxygen atoms in total. The SMILES string of the molecule is CC(=O)N(C)C12COP(=O)(OC1)OC2. The van der Waals surface area contributed by atoms with Gasteiger partial charge in [0.05, 0.1) is 19.8 Å². The fourth-order valence-electron chi connectivity index (χ4n) is 1.46. The van der Waals surface area contributed by atoms with Crippen molar-refractivity contribution in [1.82, 2.24) is 4.90 Å². The highest BCUT2D eigenvalue weighted by molar-refractivity contribution is 7.48. The molecule has 1 amide bonds. The van der Waals surface area contributed by atoms with Crippen LogP contribution in [0.4, 0.5) is 0 Å². The molecule has 80 valence electrons. The third-order valence-corrected chi connectivity index (χ3v) is 3.99. The lowest BCUT2D eigenvalue weighted by molar-refractivity contribution is -0.152. The first-order valence-corrected chi connectivity index (χ1v) is 5.72. The van der Waals surface area contributed by atoms with E-state index in [1.165, 1.54) is 11.8 Å². The van der Waals surface area contributed by atoms with Gasteiger partial charge in [0.15, 0.2) is 0 Å². The first-order valence-electron chi connectivity index (χ1n) is 4.26. The molecule has 0 aromatic heterocycles. The van der Waals surface area contributed by atoms with Crippen LogP contribution in [0.3, 0.4) is 0 Å². The zero-order chi connectivity index (χ0) is 10.4. The molecule has 0 saturated carbocycles. The minimum absolute atomic E-state index is 0.0977. The number of phosphoric acid groups is 1. The molecule has 0 radical (unpaired) electrons. The van der Waals surface area contributed by atoms with Crippen LogP contribution in [0.5, 0.6) is 0 Å². The van der Waals surface area contributed by atoms with Crippen molar-refractivity contribution < 1.29 is 22.9 Å². The lowest BCUT2D eigenvalue weighted by atomic mass is 10.0. The van der Waals surface area contributed by atoms with Crippen LogP contribution >= 0.6 is 7.82 Å². The number of nitrogens with zero attached hydrogens (tertiary/aromatic N) is 1. The van der Waals surface area contributed by atoms with E-state index >= 15 is 0 Å². The van der Waals surface area contributed by atoms with E-state index in [4.69, 9.17) is 13.6 Å². The maximum Gasteiger partial charge on any atom is 0.475 e. The Bertz CT molecular complexity index is 286. The Hall–Kier alpha value is -0.420. The van der Waals surface area contributed by atoms with E-state index in [1.807, 2.05) is 0 Å². The largest absolute Gasteiger partial charge is 0.475 e. The van der Waals surface area contributed by atoms with Crippen LogP contribution in [0, 0.1) is 0 Å². The predicted octanol–water partition coefficient (Wildman–Crippen LogP) is 0.389. The van der Waals surface area contributed by atoms with Gasteiger partial charge in [0.2, 0.25) is 5.91 Å². The highest BCUT2D eigenvalue weighted by Crippen LogP contribution is 2.58. The van der Waals surface area contributed by atoms with Crippen LogP contribution in [-0.2, 0) is 22.9 Å². The molecule has 0 N–H and O–H groups in total. The zero-order valence-electron chi connectivity index (χ0n) is 8.06.